The molecular weight excluding hydrogens is 238 g/mol. The summed E-state index contributed by atoms with van der Waals surface area (Å²) in [6.45, 7) is 3.26. The van der Waals surface area contributed by atoms with E-state index < -0.39 is 0 Å². The highest BCUT2D eigenvalue weighted by atomic mass is 16.1. The van der Waals surface area contributed by atoms with Crippen LogP contribution in [0.4, 0.5) is 5.69 Å². The average molecular weight is 261 g/mol. The van der Waals surface area contributed by atoms with Gasteiger partial charge in [-0.1, -0.05) is 6.92 Å². The highest BCUT2D eigenvalue weighted by molar-refractivity contribution is 5.92. The van der Waals surface area contributed by atoms with Gasteiger partial charge < -0.3 is 10.6 Å². The molecule has 1 amide bonds. The number of anilines is 1. The number of aromatic nitrogens is 1. The molecule has 0 bridgehead atoms. The van der Waals surface area contributed by atoms with Crippen LogP contribution in [0, 0.1) is 5.92 Å². The van der Waals surface area contributed by atoms with E-state index in [1.807, 2.05) is 12.1 Å². The minimum atomic E-state index is 0.153. The average Bonchev–Trinajstić information content (AvgIpc) is 2.46. The van der Waals surface area contributed by atoms with Gasteiger partial charge in [-0.05, 0) is 50.8 Å². The Balaban J connectivity index is 1.76. The fourth-order valence-corrected chi connectivity index (χ4v) is 2.59. The Morgan fingerprint density at radius 3 is 2.58 bits per heavy atom. The van der Waals surface area contributed by atoms with Crippen molar-refractivity contribution < 1.29 is 4.79 Å². The number of hydrogen-bond donors (Lipinski definition) is 2. The molecule has 0 radical (unpaired) electrons. The Kier molecular flexibility index (Phi) is 5.33. The first-order valence-corrected chi connectivity index (χ1v) is 7.24. The van der Waals surface area contributed by atoms with Crippen molar-refractivity contribution in [2.45, 2.75) is 45.1 Å². The summed E-state index contributed by atoms with van der Waals surface area (Å²) < 4.78 is 0. The molecule has 2 N–H and O–H groups in total. The SMILES string of the molecule is CCCNC1CCC(C(=O)Nc2ccncc2)CC1. The second-order valence-electron chi connectivity index (χ2n) is 5.23. The number of carbonyl (C=O) groups excluding carboxylic acids is 1. The topological polar surface area (TPSA) is 54.0 Å². The number of nitrogens with zero attached hydrogens (tertiary/aromatic N) is 1. The zero-order valence-electron chi connectivity index (χ0n) is 11.6. The van der Waals surface area contributed by atoms with E-state index in [9.17, 15) is 4.79 Å². The molecule has 104 valence electrons. The van der Waals surface area contributed by atoms with Gasteiger partial charge >= 0.3 is 0 Å². The minimum absolute atomic E-state index is 0.153. The number of amides is 1. The molecule has 4 nitrogen and oxygen atoms in total. The van der Waals surface area contributed by atoms with Gasteiger partial charge in [0.1, 0.15) is 0 Å². The van der Waals surface area contributed by atoms with Gasteiger partial charge in [-0.15, -0.1) is 0 Å². The summed E-state index contributed by atoms with van der Waals surface area (Å²) in [5.74, 6) is 0.313. The quantitative estimate of drug-likeness (QED) is 0.856. The first-order valence-electron chi connectivity index (χ1n) is 7.24. The molecule has 0 atom stereocenters. The van der Waals surface area contributed by atoms with Crippen LogP contribution in [0.2, 0.25) is 0 Å². The lowest BCUT2D eigenvalue weighted by atomic mass is 9.85. The first-order chi connectivity index (χ1) is 9.29. The highest BCUT2D eigenvalue weighted by Crippen LogP contribution is 2.25. The zero-order valence-corrected chi connectivity index (χ0v) is 11.6. The van der Waals surface area contributed by atoms with Crippen molar-refractivity contribution in [3.63, 3.8) is 0 Å². The van der Waals surface area contributed by atoms with Gasteiger partial charge in [-0.25, -0.2) is 0 Å². The van der Waals surface area contributed by atoms with Crippen molar-refractivity contribution in [2.75, 3.05) is 11.9 Å². The molecule has 19 heavy (non-hydrogen) atoms. The molecule has 1 saturated carbocycles. The zero-order chi connectivity index (χ0) is 13.5. The van der Waals surface area contributed by atoms with Gasteiger partial charge in [0, 0.05) is 30.0 Å². The summed E-state index contributed by atoms with van der Waals surface area (Å²) >= 11 is 0. The van der Waals surface area contributed by atoms with Crippen LogP contribution in [-0.4, -0.2) is 23.5 Å². The van der Waals surface area contributed by atoms with Crippen LogP contribution in [0.1, 0.15) is 39.0 Å². The van der Waals surface area contributed by atoms with Crippen molar-refractivity contribution in [2.24, 2.45) is 5.92 Å². The smallest absolute Gasteiger partial charge is 0.227 e. The second kappa shape index (κ2) is 7.24. The van der Waals surface area contributed by atoms with E-state index in [0.717, 1.165) is 37.9 Å². The third kappa shape index (κ3) is 4.31. The summed E-state index contributed by atoms with van der Waals surface area (Å²) in [5, 5.41) is 6.51. The lowest BCUT2D eigenvalue weighted by Crippen LogP contribution is -2.36. The maximum absolute atomic E-state index is 12.1. The van der Waals surface area contributed by atoms with Gasteiger partial charge in [0.25, 0.3) is 0 Å². The van der Waals surface area contributed by atoms with Gasteiger partial charge in [0.2, 0.25) is 5.91 Å². The van der Waals surface area contributed by atoms with Crippen molar-refractivity contribution in [1.29, 1.82) is 0 Å². The summed E-state index contributed by atoms with van der Waals surface area (Å²) in [6.07, 6.45) is 8.74. The Bertz CT molecular complexity index is 386. The molecule has 4 heteroatoms. The number of carbonyl (C=O) groups is 1. The summed E-state index contributed by atoms with van der Waals surface area (Å²) in [7, 11) is 0. The molecule has 1 heterocycles. The Hall–Kier alpha value is -1.42. The normalized spacial score (nSPS) is 23.0. The molecule has 0 unspecified atom stereocenters. The number of hydrogen-bond acceptors (Lipinski definition) is 3. The molecule has 1 aromatic rings. The molecule has 1 aliphatic rings. The van der Waals surface area contributed by atoms with E-state index in [-0.39, 0.29) is 11.8 Å². The van der Waals surface area contributed by atoms with Crippen LogP contribution in [0.3, 0.4) is 0 Å². The fraction of sp³-hybridized carbons (Fsp3) is 0.600. The lowest BCUT2D eigenvalue weighted by Gasteiger charge is -2.28. The molecule has 1 aliphatic carbocycles. The van der Waals surface area contributed by atoms with Crippen LogP contribution < -0.4 is 10.6 Å². The monoisotopic (exact) mass is 261 g/mol. The molecular formula is C15H23N3O. The van der Waals surface area contributed by atoms with Crippen molar-refractivity contribution >= 4 is 11.6 Å². The third-order valence-corrected chi connectivity index (χ3v) is 3.73. The van der Waals surface area contributed by atoms with Crippen LogP contribution >= 0.6 is 0 Å². The van der Waals surface area contributed by atoms with Gasteiger partial charge in [0.05, 0.1) is 0 Å². The number of nitrogens with one attached hydrogen (secondary N) is 2. The highest BCUT2D eigenvalue weighted by Gasteiger charge is 2.25. The van der Waals surface area contributed by atoms with Crippen molar-refractivity contribution in [3.05, 3.63) is 24.5 Å². The minimum Gasteiger partial charge on any atom is -0.326 e. The molecule has 2 rings (SSSR count). The first kappa shape index (κ1) is 14.0. The predicted molar refractivity (Wildman–Crippen MR) is 76.9 cm³/mol. The van der Waals surface area contributed by atoms with E-state index in [0.29, 0.717) is 6.04 Å². The Morgan fingerprint density at radius 2 is 1.95 bits per heavy atom. The molecule has 1 fully saturated rings. The van der Waals surface area contributed by atoms with Crippen molar-refractivity contribution in [3.8, 4) is 0 Å². The van der Waals surface area contributed by atoms with E-state index in [1.165, 1.54) is 6.42 Å². The van der Waals surface area contributed by atoms with Gasteiger partial charge in [-0.3, -0.25) is 9.78 Å². The number of rotatable bonds is 5. The molecule has 0 spiro atoms. The Labute approximate surface area is 115 Å². The molecule has 1 aromatic heterocycles. The maximum Gasteiger partial charge on any atom is 0.227 e. The summed E-state index contributed by atoms with van der Waals surface area (Å²) in [6, 6.07) is 4.25. The maximum atomic E-state index is 12.1. The van der Waals surface area contributed by atoms with Crippen LogP contribution in [0.15, 0.2) is 24.5 Å². The van der Waals surface area contributed by atoms with Gasteiger partial charge in [0.15, 0.2) is 0 Å². The van der Waals surface area contributed by atoms with Crippen LogP contribution in [0.25, 0.3) is 0 Å². The van der Waals surface area contributed by atoms with Crippen LogP contribution in [0.5, 0.6) is 0 Å². The number of pyridine rings is 1. The van der Waals surface area contributed by atoms with Crippen LogP contribution in [-0.2, 0) is 4.79 Å². The standard InChI is InChI=1S/C15H23N3O/c1-2-9-17-13-5-3-12(4-6-13)15(19)18-14-7-10-16-11-8-14/h7-8,10-13,17H,2-6,9H2,1H3,(H,16,18,19). The third-order valence-electron chi connectivity index (χ3n) is 3.73. The van der Waals surface area contributed by atoms with Gasteiger partial charge in [-0.2, -0.15) is 0 Å². The lowest BCUT2D eigenvalue weighted by molar-refractivity contribution is -0.120. The molecule has 0 aromatic carbocycles. The largest absolute Gasteiger partial charge is 0.326 e. The Morgan fingerprint density at radius 1 is 1.26 bits per heavy atom. The molecule has 0 saturated heterocycles. The second-order valence-corrected chi connectivity index (χ2v) is 5.23. The van der Waals surface area contributed by atoms with E-state index in [1.54, 1.807) is 12.4 Å². The summed E-state index contributed by atoms with van der Waals surface area (Å²) in [4.78, 5) is 16.1. The fourth-order valence-electron chi connectivity index (χ4n) is 2.59. The van der Waals surface area contributed by atoms with E-state index >= 15 is 0 Å². The van der Waals surface area contributed by atoms with E-state index in [4.69, 9.17) is 0 Å². The van der Waals surface area contributed by atoms with Crippen molar-refractivity contribution in [1.82, 2.24) is 10.3 Å². The molecule has 0 aliphatic heterocycles. The predicted octanol–water partition coefficient (Wildman–Crippen LogP) is 2.58. The van der Waals surface area contributed by atoms with E-state index in [2.05, 4.69) is 22.5 Å². The summed E-state index contributed by atoms with van der Waals surface area (Å²) in [5.41, 5.74) is 0.839.